The summed E-state index contributed by atoms with van der Waals surface area (Å²) < 4.78 is 11.8. The molecule has 0 aliphatic heterocycles. The third-order valence-electron chi connectivity index (χ3n) is 4.10. The maximum Gasteiger partial charge on any atom is 0.257 e. The van der Waals surface area contributed by atoms with Gasteiger partial charge in [-0.25, -0.2) is 4.98 Å². The molecule has 2 aromatic carbocycles. The first-order valence-corrected chi connectivity index (χ1v) is 9.53. The summed E-state index contributed by atoms with van der Waals surface area (Å²) in [5, 5.41) is 4.69. The molecule has 0 bridgehead atoms. The van der Waals surface area contributed by atoms with Crippen LogP contribution in [0.4, 0.5) is 0 Å². The Morgan fingerprint density at radius 1 is 1.14 bits per heavy atom. The number of hydrogen-bond donors (Lipinski definition) is 0. The molecule has 4 aromatic rings. The van der Waals surface area contributed by atoms with Gasteiger partial charge in [-0.05, 0) is 24.3 Å². The predicted molar refractivity (Wildman–Crippen MR) is 105 cm³/mol. The van der Waals surface area contributed by atoms with Gasteiger partial charge in [0.05, 0.1) is 22.3 Å². The van der Waals surface area contributed by atoms with Crippen molar-refractivity contribution in [2.45, 2.75) is 20.1 Å². The monoisotopic (exact) mass is 394 g/mol. The molecule has 0 saturated heterocycles. The number of carbonyl (C=O) groups excluding carboxylic acids is 1. The summed E-state index contributed by atoms with van der Waals surface area (Å²) in [6.45, 7) is 2.27. The van der Waals surface area contributed by atoms with Gasteiger partial charge >= 0.3 is 0 Å². The van der Waals surface area contributed by atoms with Crippen molar-refractivity contribution in [3.05, 3.63) is 70.8 Å². The van der Waals surface area contributed by atoms with Gasteiger partial charge in [-0.1, -0.05) is 29.4 Å². The van der Waals surface area contributed by atoms with E-state index in [-0.39, 0.29) is 12.5 Å². The molecule has 0 aliphatic carbocycles. The second-order valence-electron chi connectivity index (χ2n) is 6.25. The largest absolute Gasteiger partial charge is 0.485 e. The maximum absolute atomic E-state index is 13.0. The third kappa shape index (κ3) is 3.86. The molecule has 0 aliphatic rings. The van der Waals surface area contributed by atoms with Crippen LogP contribution in [-0.4, -0.2) is 33.0 Å². The molecule has 0 saturated carbocycles. The van der Waals surface area contributed by atoms with Crippen LogP contribution in [-0.2, 0) is 13.2 Å². The first kappa shape index (κ1) is 18.1. The fourth-order valence-electron chi connectivity index (χ4n) is 2.78. The van der Waals surface area contributed by atoms with Crippen molar-refractivity contribution in [2.24, 2.45) is 0 Å². The van der Waals surface area contributed by atoms with E-state index in [1.807, 2.05) is 36.4 Å². The molecular formula is C20H18N4O3S. The van der Waals surface area contributed by atoms with Crippen molar-refractivity contribution in [1.29, 1.82) is 0 Å². The van der Waals surface area contributed by atoms with Gasteiger partial charge in [0.2, 0.25) is 11.7 Å². The molecular weight excluding hydrogens is 376 g/mol. The average molecular weight is 394 g/mol. The van der Waals surface area contributed by atoms with Gasteiger partial charge in [0.25, 0.3) is 5.91 Å². The first-order valence-electron chi connectivity index (χ1n) is 8.71. The standard InChI is InChI=1S/C20H18N4O3S/c1-13-21-18(23-27-13)12-26-16-9-5-3-7-14(16)20(25)24(2)11-19-22-15-8-4-6-10-17(15)28-19/h3-10H,11-12H2,1-2H3. The molecule has 0 spiro atoms. The predicted octanol–water partition coefficient (Wildman–Crippen LogP) is 3.84. The van der Waals surface area contributed by atoms with Gasteiger partial charge in [0.1, 0.15) is 10.8 Å². The van der Waals surface area contributed by atoms with Crippen LogP contribution in [0.25, 0.3) is 10.2 Å². The summed E-state index contributed by atoms with van der Waals surface area (Å²) in [5.41, 5.74) is 1.42. The number of aromatic nitrogens is 3. The molecule has 2 heterocycles. The number of amides is 1. The summed E-state index contributed by atoms with van der Waals surface area (Å²) in [4.78, 5) is 23.3. The van der Waals surface area contributed by atoms with E-state index in [4.69, 9.17) is 9.26 Å². The lowest BCUT2D eigenvalue weighted by atomic mass is 10.2. The van der Waals surface area contributed by atoms with Gasteiger partial charge in [0, 0.05) is 14.0 Å². The Labute approximate surface area is 165 Å². The molecule has 2 aromatic heterocycles. The Hall–Kier alpha value is -3.26. The second-order valence-corrected chi connectivity index (χ2v) is 7.37. The number of thiazole rings is 1. The van der Waals surface area contributed by atoms with Gasteiger partial charge in [-0.2, -0.15) is 4.98 Å². The highest BCUT2D eigenvalue weighted by atomic mass is 32.1. The number of hydrogen-bond acceptors (Lipinski definition) is 7. The molecule has 8 heteroatoms. The minimum atomic E-state index is -0.140. The number of fused-ring (bicyclic) bond motifs is 1. The van der Waals surface area contributed by atoms with Crippen LogP contribution in [0, 0.1) is 6.92 Å². The molecule has 28 heavy (non-hydrogen) atoms. The topological polar surface area (TPSA) is 81.4 Å². The zero-order valence-electron chi connectivity index (χ0n) is 15.5. The van der Waals surface area contributed by atoms with Crippen LogP contribution in [0.1, 0.15) is 27.1 Å². The molecule has 7 nitrogen and oxygen atoms in total. The smallest absolute Gasteiger partial charge is 0.257 e. The van der Waals surface area contributed by atoms with Crippen LogP contribution < -0.4 is 4.74 Å². The molecule has 0 atom stereocenters. The van der Waals surface area contributed by atoms with Crippen molar-refractivity contribution in [3.8, 4) is 5.75 Å². The lowest BCUT2D eigenvalue weighted by Gasteiger charge is -2.17. The zero-order chi connectivity index (χ0) is 19.5. The van der Waals surface area contributed by atoms with Crippen LogP contribution in [0.5, 0.6) is 5.75 Å². The molecule has 0 N–H and O–H groups in total. The summed E-state index contributed by atoms with van der Waals surface area (Å²) in [7, 11) is 1.76. The second kappa shape index (κ2) is 7.77. The van der Waals surface area contributed by atoms with Crippen LogP contribution >= 0.6 is 11.3 Å². The first-order chi connectivity index (χ1) is 13.6. The number of carbonyl (C=O) groups is 1. The number of nitrogens with zero attached hydrogens (tertiary/aromatic N) is 4. The van der Waals surface area contributed by atoms with Crippen LogP contribution in [0.3, 0.4) is 0 Å². The van der Waals surface area contributed by atoms with Crippen molar-refractivity contribution >= 4 is 27.5 Å². The highest BCUT2D eigenvalue weighted by Gasteiger charge is 2.18. The quantitative estimate of drug-likeness (QED) is 0.494. The summed E-state index contributed by atoms with van der Waals surface area (Å²) in [6, 6.07) is 15.1. The highest BCUT2D eigenvalue weighted by molar-refractivity contribution is 7.18. The van der Waals surface area contributed by atoms with E-state index in [1.54, 1.807) is 42.3 Å². The molecule has 4 rings (SSSR count). The van der Waals surface area contributed by atoms with E-state index in [2.05, 4.69) is 15.1 Å². The van der Waals surface area contributed by atoms with E-state index in [0.29, 0.717) is 29.6 Å². The molecule has 1 amide bonds. The lowest BCUT2D eigenvalue weighted by Crippen LogP contribution is -2.26. The Bertz CT molecular complexity index is 1090. The fourth-order valence-corrected chi connectivity index (χ4v) is 3.80. The normalized spacial score (nSPS) is 10.9. The molecule has 142 valence electrons. The van der Waals surface area contributed by atoms with Gasteiger partial charge < -0.3 is 14.2 Å². The van der Waals surface area contributed by atoms with E-state index in [0.717, 1.165) is 15.2 Å². The van der Waals surface area contributed by atoms with Crippen molar-refractivity contribution in [3.63, 3.8) is 0 Å². The number of benzene rings is 2. The molecule has 0 radical (unpaired) electrons. The van der Waals surface area contributed by atoms with Crippen molar-refractivity contribution in [1.82, 2.24) is 20.0 Å². The Morgan fingerprint density at radius 3 is 2.71 bits per heavy atom. The average Bonchev–Trinajstić information content (AvgIpc) is 3.31. The maximum atomic E-state index is 13.0. The van der Waals surface area contributed by atoms with Crippen LogP contribution in [0.15, 0.2) is 53.1 Å². The Morgan fingerprint density at radius 2 is 1.93 bits per heavy atom. The van der Waals surface area contributed by atoms with Gasteiger partial charge in [-0.3, -0.25) is 4.79 Å². The lowest BCUT2D eigenvalue weighted by molar-refractivity contribution is 0.0780. The molecule has 0 fully saturated rings. The zero-order valence-corrected chi connectivity index (χ0v) is 16.3. The number of aryl methyl sites for hydroxylation is 1. The van der Waals surface area contributed by atoms with Gasteiger partial charge in [-0.15, -0.1) is 11.3 Å². The molecule has 0 unspecified atom stereocenters. The third-order valence-corrected chi connectivity index (χ3v) is 5.12. The Kier molecular flexibility index (Phi) is 5.03. The number of para-hydroxylation sites is 2. The number of ether oxygens (including phenoxy) is 1. The summed E-state index contributed by atoms with van der Waals surface area (Å²) in [6.07, 6.45) is 0. The summed E-state index contributed by atoms with van der Waals surface area (Å²) >= 11 is 1.59. The van der Waals surface area contributed by atoms with E-state index in [9.17, 15) is 4.79 Å². The summed E-state index contributed by atoms with van der Waals surface area (Å²) in [5.74, 6) is 1.24. The van der Waals surface area contributed by atoms with E-state index >= 15 is 0 Å². The SMILES string of the molecule is Cc1nc(COc2ccccc2C(=O)N(C)Cc2nc3ccccc3s2)no1. The van der Waals surface area contributed by atoms with E-state index in [1.165, 1.54) is 0 Å². The van der Waals surface area contributed by atoms with Crippen molar-refractivity contribution < 1.29 is 14.1 Å². The number of rotatable bonds is 6. The fraction of sp³-hybridized carbons (Fsp3) is 0.200. The minimum Gasteiger partial charge on any atom is -0.485 e. The van der Waals surface area contributed by atoms with Crippen LogP contribution in [0.2, 0.25) is 0 Å². The van der Waals surface area contributed by atoms with E-state index < -0.39 is 0 Å². The Balaban J connectivity index is 1.48. The minimum absolute atomic E-state index is 0.128. The highest BCUT2D eigenvalue weighted by Crippen LogP contribution is 2.24. The van der Waals surface area contributed by atoms with Gasteiger partial charge in [0.15, 0.2) is 6.61 Å². The van der Waals surface area contributed by atoms with Crippen molar-refractivity contribution in [2.75, 3.05) is 7.05 Å².